The van der Waals surface area contributed by atoms with Gasteiger partial charge in [0.2, 0.25) is 0 Å². The molecule has 30 heavy (non-hydrogen) atoms. The highest BCUT2D eigenvalue weighted by molar-refractivity contribution is 5.95. The molecule has 1 heterocycles. The molecular weight excluding hydrogens is 376 g/mol. The van der Waals surface area contributed by atoms with Gasteiger partial charge >= 0.3 is 0 Å². The minimum atomic E-state index is -0.253. The second-order valence-corrected chi connectivity index (χ2v) is 7.87. The zero-order chi connectivity index (χ0) is 20.9. The average Bonchev–Trinajstić information content (AvgIpc) is 3.61. The van der Waals surface area contributed by atoms with Crippen LogP contribution in [0, 0.1) is 0 Å². The largest absolute Gasteiger partial charge is 0.489 e. The number of pyridine rings is 1. The van der Waals surface area contributed by atoms with Crippen LogP contribution in [0.1, 0.15) is 34.3 Å². The van der Waals surface area contributed by atoms with Crippen molar-refractivity contribution in [3.05, 3.63) is 100.0 Å². The smallest absolute Gasteiger partial charge is 0.254 e. The van der Waals surface area contributed by atoms with Gasteiger partial charge in [0.1, 0.15) is 12.4 Å². The zero-order valence-corrected chi connectivity index (χ0v) is 17.2. The Labute approximate surface area is 176 Å². The molecule has 0 bridgehead atoms. The fourth-order valence-electron chi connectivity index (χ4n) is 3.43. The molecule has 0 atom stereocenters. The molecule has 5 nitrogen and oxygen atoms in total. The maximum Gasteiger partial charge on any atom is 0.254 e. The monoisotopic (exact) mass is 402 g/mol. The van der Waals surface area contributed by atoms with Gasteiger partial charge in [-0.1, -0.05) is 54.6 Å². The number of hydrogen-bond acceptors (Lipinski definition) is 4. The van der Waals surface area contributed by atoms with Crippen molar-refractivity contribution >= 4 is 5.78 Å². The van der Waals surface area contributed by atoms with Crippen molar-refractivity contribution in [3.63, 3.8) is 0 Å². The van der Waals surface area contributed by atoms with E-state index in [9.17, 15) is 9.59 Å². The standard InChI is InChI=1S/C25H26N2O3/c1-26(22-11-12-22)16-19-7-9-21(10-8-19)24(28)17-27-14-13-23(15-25(27)29)30-18-20-5-3-2-4-6-20/h2-10,13-15,22H,11-12,16-18H2,1H3. The lowest BCUT2D eigenvalue weighted by Gasteiger charge is -2.15. The summed E-state index contributed by atoms with van der Waals surface area (Å²) in [5, 5.41) is 0. The van der Waals surface area contributed by atoms with E-state index in [1.165, 1.54) is 29.0 Å². The molecular formula is C25H26N2O3. The first-order valence-electron chi connectivity index (χ1n) is 10.3. The van der Waals surface area contributed by atoms with E-state index in [1.807, 2.05) is 54.6 Å². The molecule has 0 saturated heterocycles. The van der Waals surface area contributed by atoms with Crippen LogP contribution in [0.2, 0.25) is 0 Å². The second kappa shape index (κ2) is 9.09. The minimum absolute atomic E-state index is 0.0130. The van der Waals surface area contributed by atoms with Crippen molar-refractivity contribution in [3.8, 4) is 5.75 Å². The number of nitrogens with zero attached hydrogens (tertiary/aromatic N) is 2. The Morgan fingerprint density at radius 1 is 1.03 bits per heavy atom. The predicted octanol–water partition coefficient (Wildman–Crippen LogP) is 3.90. The maximum absolute atomic E-state index is 12.6. The highest BCUT2D eigenvalue weighted by Gasteiger charge is 2.25. The molecule has 0 N–H and O–H groups in total. The minimum Gasteiger partial charge on any atom is -0.489 e. The molecule has 0 radical (unpaired) electrons. The lowest BCUT2D eigenvalue weighted by atomic mass is 10.1. The molecule has 154 valence electrons. The van der Waals surface area contributed by atoms with Gasteiger partial charge in [-0.2, -0.15) is 0 Å². The number of hydrogen-bond donors (Lipinski definition) is 0. The van der Waals surface area contributed by atoms with E-state index in [1.54, 1.807) is 12.3 Å². The van der Waals surface area contributed by atoms with Gasteiger partial charge < -0.3 is 9.30 Å². The third-order valence-corrected chi connectivity index (χ3v) is 5.41. The Kier molecular flexibility index (Phi) is 6.10. The average molecular weight is 402 g/mol. The fraction of sp³-hybridized carbons (Fsp3) is 0.280. The van der Waals surface area contributed by atoms with Crippen molar-refractivity contribution in [2.24, 2.45) is 0 Å². The second-order valence-electron chi connectivity index (χ2n) is 7.87. The predicted molar refractivity (Wildman–Crippen MR) is 117 cm³/mol. The van der Waals surface area contributed by atoms with Crippen molar-refractivity contribution in [2.45, 2.75) is 38.6 Å². The Morgan fingerprint density at radius 2 is 1.77 bits per heavy atom. The highest BCUT2D eigenvalue weighted by atomic mass is 16.5. The van der Waals surface area contributed by atoms with E-state index in [4.69, 9.17) is 4.74 Å². The van der Waals surface area contributed by atoms with E-state index < -0.39 is 0 Å². The van der Waals surface area contributed by atoms with Gasteiger partial charge in [0.05, 0.1) is 6.54 Å². The van der Waals surface area contributed by atoms with Crippen LogP contribution in [0.5, 0.6) is 5.75 Å². The summed E-state index contributed by atoms with van der Waals surface area (Å²) in [7, 11) is 2.14. The summed E-state index contributed by atoms with van der Waals surface area (Å²) >= 11 is 0. The molecule has 0 aliphatic heterocycles. The number of aromatic nitrogens is 1. The summed E-state index contributed by atoms with van der Waals surface area (Å²) in [6, 6.07) is 21.3. The highest BCUT2D eigenvalue weighted by Crippen LogP contribution is 2.26. The van der Waals surface area contributed by atoms with Gasteiger partial charge in [-0.3, -0.25) is 14.5 Å². The van der Waals surface area contributed by atoms with Gasteiger partial charge in [0, 0.05) is 30.4 Å². The zero-order valence-electron chi connectivity index (χ0n) is 17.2. The normalized spacial score (nSPS) is 13.4. The van der Waals surface area contributed by atoms with Crippen molar-refractivity contribution < 1.29 is 9.53 Å². The summed E-state index contributed by atoms with van der Waals surface area (Å²) in [6.07, 6.45) is 4.16. The molecule has 2 aromatic carbocycles. The quantitative estimate of drug-likeness (QED) is 0.510. The molecule has 1 saturated carbocycles. The number of Topliss-reactive ketones (excluding diaryl/α,β-unsaturated/α-hetero) is 1. The molecule has 4 rings (SSSR count). The van der Waals surface area contributed by atoms with Gasteiger partial charge in [-0.25, -0.2) is 0 Å². The van der Waals surface area contributed by atoms with E-state index in [0.29, 0.717) is 24.0 Å². The van der Waals surface area contributed by atoms with Gasteiger partial charge in [-0.15, -0.1) is 0 Å². The Bertz CT molecular complexity index is 1050. The van der Waals surface area contributed by atoms with Gasteiger partial charge in [0.25, 0.3) is 5.56 Å². The lowest BCUT2D eigenvalue weighted by Crippen LogP contribution is -2.23. The van der Waals surface area contributed by atoms with Crippen LogP contribution in [-0.4, -0.2) is 28.3 Å². The molecule has 0 unspecified atom stereocenters. The molecule has 1 aliphatic rings. The summed E-state index contributed by atoms with van der Waals surface area (Å²) in [6.45, 7) is 1.30. The summed E-state index contributed by atoms with van der Waals surface area (Å²) < 4.78 is 7.09. The molecule has 0 spiro atoms. The summed E-state index contributed by atoms with van der Waals surface area (Å²) in [5.41, 5.74) is 2.59. The van der Waals surface area contributed by atoms with Gasteiger partial charge in [-0.05, 0) is 37.1 Å². The molecule has 1 fully saturated rings. The SMILES string of the molecule is CN(Cc1ccc(C(=O)Cn2ccc(OCc3ccccc3)cc2=O)cc1)C1CC1. The van der Waals surface area contributed by atoms with E-state index >= 15 is 0 Å². The Hall–Kier alpha value is -3.18. The van der Waals surface area contributed by atoms with Crippen molar-refractivity contribution in [2.75, 3.05) is 7.05 Å². The first-order valence-corrected chi connectivity index (χ1v) is 10.3. The fourth-order valence-corrected chi connectivity index (χ4v) is 3.43. The molecule has 0 amide bonds. The van der Waals surface area contributed by atoms with Crippen LogP contribution in [0.15, 0.2) is 77.7 Å². The van der Waals surface area contributed by atoms with Crippen LogP contribution >= 0.6 is 0 Å². The van der Waals surface area contributed by atoms with Crippen LogP contribution in [0.25, 0.3) is 0 Å². The first-order chi connectivity index (χ1) is 14.6. The van der Waals surface area contributed by atoms with Gasteiger partial charge in [0.15, 0.2) is 5.78 Å². The first kappa shape index (κ1) is 20.1. The van der Waals surface area contributed by atoms with E-state index in [0.717, 1.165) is 12.1 Å². The van der Waals surface area contributed by atoms with Crippen molar-refractivity contribution in [1.82, 2.24) is 9.47 Å². The molecule has 1 aromatic heterocycles. The number of ether oxygens (including phenoxy) is 1. The number of carbonyl (C=O) groups is 1. The van der Waals surface area contributed by atoms with Crippen molar-refractivity contribution in [1.29, 1.82) is 0 Å². The van der Waals surface area contributed by atoms with E-state index in [-0.39, 0.29) is 17.9 Å². The third kappa shape index (κ3) is 5.24. The van der Waals surface area contributed by atoms with E-state index in [2.05, 4.69) is 11.9 Å². The third-order valence-electron chi connectivity index (χ3n) is 5.41. The summed E-state index contributed by atoms with van der Waals surface area (Å²) in [5.74, 6) is 0.411. The summed E-state index contributed by atoms with van der Waals surface area (Å²) in [4.78, 5) is 27.3. The number of carbonyl (C=O) groups excluding carboxylic acids is 1. The van der Waals surface area contributed by atoms with Crippen LogP contribution in [0.3, 0.4) is 0 Å². The number of benzene rings is 2. The topological polar surface area (TPSA) is 51.5 Å². The van der Waals surface area contributed by atoms with Crippen LogP contribution < -0.4 is 10.3 Å². The number of rotatable bonds is 9. The maximum atomic E-state index is 12.6. The Morgan fingerprint density at radius 3 is 2.43 bits per heavy atom. The molecule has 1 aliphatic carbocycles. The molecule has 5 heteroatoms. The number of ketones is 1. The van der Waals surface area contributed by atoms with Crippen LogP contribution in [-0.2, 0) is 19.7 Å². The lowest BCUT2D eigenvalue weighted by molar-refractivity contribution is 0.0970. The Balaban J connectivity index is 1.35. The van der Waals surface area contributed by atoms with Crippen LogP contribution in [0.4, 0.5) is 0 Å². The molecule has 3 aromatic rings.